The highest BCUT2D eigenvalue weighted by Gasteiger charge is 2.28. The number of carbonyl (C=O) groups is 1. The molecule has 0 spiro atoms. The molecule has 1 fully saturated rings. The summed E-state index contributed by atoms with van der Waals surface area (Å²) >= 11 is 3.31. The largest absolute Gasteiger partial charge is 0.296 e. The third-order valence-electron chi connectivity index (χ3n) is 3.67. The first kappa shape index (κ1) is 14.0. The number of Topliss-reactive ketones (excluding diaryl/α,β-unsaturated/α-hetero) is 1. The Kier molecular flexibility index (Phi) is 4.65. The Labute approximate surface area is 128 Å². The summed E-state index contributed by atoms with van der Waals surface area (Å²) in [5.74, 6) is 0.297. The normalized spacial score (nSPS) is 14.8. The standard InChI is InChI=1S/C16H19NOS2/c18-15(16-4-2-9-20-16)3-1-8-17(14-5-6-14)11-13-7-10-19-12-13/h2,4,7,9-10,12,14H,1,3,5-6,8,11H2. The van der Waals surface area contributed by atoms with Crippen molar-refractivity contribution in [1.82, 2.24) is 4.90 Å². The maximum Gasteiger partial charge on any atom is 0.172 e. The molecule has 1 aliphatic carbocycles. The molecule has 2 heterocycles. The molecule has 0 bridgehead atoms. The Morgan fingerprint density at radius 1 is 1.30 bits per heavy atom. The Morgan fingerprint density at radius 3 is 2.85 bits per heavy atom. The van der Waals surface area contributed by atoms with Crippen molar-refractivity contribution in [2.75, 3.05) is 6.54 Å². The summed E-state index contributed by atoms with van der Waals surface area (Å²) < 4.78 is 0. The SMILES string of the molecule is O=C(CCCN(Cc1ccsc1)C1CC1)c1cccs1. The van der Waals surface area contributed by atoms with Crippen molar-refractivity contribution in [3.8, 4) is 0 Å². The molecule has 0 unspecified atom stereocenters. The number of hydrogen-bond donors (Lipinski definition) is 0. The van der Waals surface area contributed by atoms with Gasteiger partial charge in [0.1, 0.15) is 0 Å². The summed E-state index contributed by atoms with van der Waals surface area (Å²) in [5.41, 5.74) is 1.41. The highest BCUT2D eigenvalue weighted by atomic mass is 32.1. The van der Waals surface area contributed by atoms with Gasteiger partial charge in [-0.3, -0.25) is 9.69 Å². The number of thiophene rings is 2. The molecule has 106 valence electrons. The summed E-state index contributed by atoms with van der Waals surface area (Å²) in [6.07, 6.45) is 4.29. The van der Waals surface area contributed by atoms with Gasteiger partial charge in [0.15, 0.2) is 5.78 Å². The van der Waals surface area contributed by atoms with Gasteiger partial charge in [0.05, 0.1) is 4.88 Å². The van der Waals surface area contributed by atoms with Crippen molar-refractivity contribution in [3.05, 3.63) is 44.8 Å². The molecule has 3 rings (SSSR count). The van der Waals surface area contributed by atoms with Gasteiger partial charge in [0.2, 0.25) is 0 Å². The van der Waals surface area contributed by atoms with Crippen LogP contribution in [0.3, 0.4) is 0 Å². The monoisotopic (exact) mass is 305 g/mol. The number of nitrogens with zero attached hydrogens (tertiary/aromatic N) is 1. The average molecular weight is 305 g/mol. The second-order valence-corrected chi connectivity index (χ2v) is 7.07. The van der Waals surface area contributed by atoms with E-state index in [4.69, 9.17) is 0 Å². The van der Waals surface area contributed by atoms with E-state index in [1.54, 1.807) is 22.7 Å². The lowest BCUT2D eigenvalue weighted by atomic mass is 10.2. The van der Waals surface area contributed by atoms with E-state index < -0.39 is 0 Å². The van der Waals surface area contributed by atoms with Gasteiger partial charge < -0.3 is 0 Å². The van der Waals surface area contributed by atoms with Gasteiger partial charge in [-0.2, -0.15) is 11.3 Å². The molecule has 4 heteroatoms. The summed E-state index contributed by atoms with van der Waals surface area (Å²) in [4.78, 5) is 15.4. The lowest BCUT2D eigenvalue weighted by Gasteiger charge is -2.21. The highest BCUT2D eigenvalue weighted by molar-refractivity contribution is 7.12. The van der Waals surface area contributed by atoms with Crippen molar-refractivity contribution in [1.29, 1.82) is 0 Å². The number of carbonyl (C=O) groups excluding carboxylic acids is 1. The van der Waals surface area contributed by atoms with Crippen LogP contribution in [0.5, 0.6) is 0 Å². The van der Waals surface area contributed by atoms with Gasteiger partial charge >= 0.3 is 0 Å². The van der Waals surface area contributed by atoms with Crippen molar-refractivity contribution in [3.63, 3.8) is 0 Å². The van der Waals surface area contributed by atoms with Gasteiger partial charge in [-0.05, 0) is 59.6 Å². The molecule has 2 aromatic rings. The van der Waals surface area contributed by atoms with E-state index in [0.29, 0.717) is 12.2 Å². The summed E-state index contributed by atoms with van der Waals surface area (Å²) in [6, 6.07) is 6.84. The van der Waals surface area contributed by atoms with Gasteiger partial charge in [-0.15, -0.1) is 11.3 Å². The van der Waals surface area contributed by atoms with Gasteiger partial charge in [-0.25, -0.2) is 0 Å². The molecule has 0 aromatic carbocycles. The number of rotatable bonds is 8. The summed E-state index contributed by atoms with van der Waals surface area (Å²) in [5, 5.41) is 6.34. The Morgan fingerprint density at radius 2 is 2.20 bits per heavy atom. The lowest BCUT2D eigenvalue weighted by molar-refractivity contribution is 0.0977. The fourth-order valence-corrected chi connectivity index (χ4v) is 3.80. The number of hydrogen-bond acceptors (Lipinski definition) is 4. The zero-order valence-electron chi connectivity index (χ0n) is 11.5. The van der Waals surface area contributed by atoms with Crippen molar-refractivity contribution < 1.29 is 4.79 Å². The van der Waals surface area contributed by atoms with Crippen LogP contribution in [-0.4, -0.2) is 23.3 Å². The zero-order chi connectivity index (χ0) is 13.8. The lowest BCUT2D eigenvalue weighted by Crippen LogP contribution is -2.26. The van der Waals surface area contributed by atoms with Crippen LogP contribution in [0.1, 0.15) is 40.9 Å². The molecule has 0 atom stereocenters. The third kappa shape index (κ3) is 3.78. The Hall–Kier alpha value is -0.970. The number of ketones is 1. The molecule has 2 aromatic heterocycles. The third-order valence-corrected chi connectivity index (χ3v) is 5.32. The maximum atomic E-state index is 12.0. The first-order valence-corrected chi connectivity index (χ1v) is 8.97. The van der Waals surface area contributed by atoms with Crippen LogP contribution in [0.2, 0.25) is 0 Å². The summed E-state index contributed by atoms with van der Waals surface area (Å²) in [6.45, 7) is 2.08. The molecule has 0 saturated heterocycles. The van der Waals surface area contributed by atoms with Crippen LogP contribution >= 0.6 is 22.7 Å². The average Bonchev–Trinajstić information content (AvgIpc) is 2.94. The molecule has 1 saturated carbocycles. The van der Waals surface area contributed by atoms with Crippen LogP contribution in [0.15, 0.2) is 34.3 Å². The summed E-state index contributed by atoms with van der Waals surface area (Å²) in [7, 11) is 0. The van der Waals surface area contributed by atoms with E-state index in [1.807, 2.05) is 17.5 Å². The molecule has 2 nitrogen and oxygen atoms in total. The van der Waals surface area contributed by atoms with Crippen LogP contribution in [0.25, 0.3) is 0 Å². The van der Waals surface area contributed by atoms with E-state index in [9.17, 15) is 4.79 Å². The van der Waals surface area contributed by atoms with Crippen LogP contribution < -0.4 is 0 Å². The van der Waals surface area contributed by atoms with E-state index in [-0.39, 0.29) is 0 Å². The fourth-order valence-electron chi connectivity index (χ4n) is 2.45. The first-order chi connectivity index (χ1) is 9.83. The van der Waals surface area contributed by atoms with E-state index in [1.165, 1.54) is 18.4 Å². The Balaban J connectivity index is 1.46. The van der Waals surface area contributed by atoms with Crippen molar-refractivity contribution in [2.24, 2.45) is 0 Å². The molecule has 20 heavy (non-hydrogen) atoms. The minimum atomic E-state index is 0.297. The predicted octanol–water partition coefficient (Wildman–Crippen LogP) is 4.44. The maximum absolute atomic E-state index is 12.0. The minimum absolute atomic E-state index is 0.297. The molecule has 0 amide bonds. The molecule has 1 aliphatic rings. The van der Waals surface area contributed by atoms with E-state index in [2.05, 4.69) is 21.7 Å². The van der Waals surface area contributed by atoms with Crippen LogP contribution in [0.4, 0.5) is 0 Å². The predicted molar refractivity (Wildman–Crippen MR) is 85.6 cm³/mol. The van der Waals surface area contributed by atoms with Crippen molar-refractivity contribution >= 4 is 28.5 Å². The van der Waals surface area contributed by atoms with Crippen LogP contribution in [-0.2, 0) is 6.54 Å². The fraction of sp³-hybridized carbons (Fsp3) is 0.438. The molecule has 0 radical (unpaired) electrons. The highest BCUT2D eigenvalue weighted by Crippen LogP contribution is 2.29. The van der Waals surface area contributed by atoms with Gasteiger partial charge in [0.25, 0.3) is 0 Å². The van der Waals surface area contributed by atoms with Gasteiger partial charge in [-0.1, -0.05) is 6.07 Å². The second-order valence-electron chi connectivity index (χ2n) is 5.34. The zero-order valence-corrected chi connectivity index (χ0v) is 13.1. The first-order valence-electron chi connectivity index (χ1n) is 7.15. The van der Waals surface area contributed by atoms with E-state index in [0.717, 1.165) is 30.4 Å². The molecule has 0 N–H and O–H groups in total. The molecule has 0 aliphatic heterocycles. The minimum Gasteiger partial charge on any atom is -0.296 e. The van der Waals surface area contributed by atoms with E-state index >= 15 is 0 Å². The van der Waals surface area contributed by atoms with Gasteiger partial charge in [0, 0.05) is 19.0 Å². The smallest absolute Gasteiger partial charge is 0.172 e. The molecular weight excluding hydrogens is 286 g/mol. The van der Waals surface area contributed by atoms with Crippen LogP contribution in [0, 0.1) is 0 Å². The molecular formula is C16H19NOS2. The second kappa shape index (κ2) is 6.66. The Bertz CT molecular complexity index is 529. The van der Waals surface area contributed by atoms with Crippen molar-refractivity contribution in [2.45, 2.75) is 38.3 Å². The quantitative estimate of drug-likeness (QED) is 0.672. The topological polar surface area (TPSA) is 20.3 Å².